The minimum Gasteiger partial charge on any atom is -0.444 e. The Bertz CT molecular complexity index is 2250. The van der Waals surface area contributed by atoms with Gasteiger partial charge in [0.25, 0.3) is 5.91 Å². The van der Waals surface area contributed by atoms with Gasteiger partial charge in [0, 0.05) is 41.1 Å². The molecule has 4 aromatic carbocycles. The van der Waals surface area contributed by atoms with Crippen molar-refractivity contribution in [2.75, 3.05) is 23.7 Å². The zero-order valence-electron chi connectivity index (χ0n) is 32.4. The van der Waals surface area contributed by atoms with E-state index in [0.29, 0.717) is 49.3 Å². The topological polar surface area (TPSA) is 153 Å². The molecule has 7 rings (SSSR count). The summed E-state index contributed by atoms with van der Waals surface area (Å²) in [6, 6.07) is 31.4. The number of nitrogens with zero attached hydrogens (tertiary/aromatic N) is 2. The van der Waals surface area contributed by atoms with Crippen LogP contribution >= 0.6 is 0 Å². The van der Waals surface area contributed by atoms with E-state index >= 15 is 0 Å². The van der Waals surface area contributed by atoms with Crippen LogP contribution in [0.15, 0.2) is 109 Å². The number of H-pyrrole nitrogens is 1. The van der Waals surface area contributed by atoms with Gasteiger partial charge in [-0.25, -0.2) is 4.79 Å². The van der Waals surface area contributed by atoms with Crippen molar-refractivity contribution in [2.24, 2.45) is 0 Å². The van der Waals surface area contributed by atoms with E-state index in [2.05, 4.69) is 20.9 Å². The van der Waals surface area contributed by atoms with E-state index < -0.39 is 29.8 Å². The second-order valence-corrected chi connectivity index (χ2v) is 15.6. The predicted molar refractivity (Wildman–Crippen MR) is 219 cm³/mol. The Kier molecular flexibility index (Phi) is 11.4. The highest BCUT2D eigenvalue weighted by molar-refractivity contribution is 6.01. The first-order valence-corrected chi connectivity index (χ1v) is 19.5. The molecule has 0 spiro atoms. The molecule has 294 valence electrons. The van der Waals surface area contributed by atoms with Crippen LogP contribution in [0.25, 0.3) is 22.2 Å². The third-order valence-corrected chi connectivity index (χ3v) is 10.3. The second-order valence-electron chi connectivity index (χ2n) is 15.6. The highest BCUT2D eigenvalue weighted by Gasteiger charge is 2.39. The van der Waals surface area contributed by atoms with Crippen molar-refractivity contribution >= 4 is 52.0 Å². The molecule has 12 nitrogen and oxygen atoms in total. The van der Waals surface area contributed by atoms with E-state index in [1.54, 1.807) is 54.8 Å². The van der Waals surface area contributed by atoms with E-state index in [0.717, 1.165) is 34.1 Å². The Morgan fingerprint density at radius 3 is 2.00 bits per heavy atom. The van der Waals surface area contributed by atoms with Gasteiger partial charge in [0.2, 0.25) is 17.7 Å². The molecule has 0 bridgehead atoms. The molecule has 1 aromatic heterocycles. The van der Waals surface area contributed by atoms with Gasteiger partial charge in [-0.1, -0.05) is 72.8 Å². The number of amides is 5. The lowest BCUT2D eigenvalue weighted by molar-refractivity contribution is -0.138. The molecule has 2 aliphatic rings. The maximum atomic E-state index is 14.0. The van der Waals surface area contributed by atoms with Crippen molar-refractivity contribution < 1.29 is 28.7 Å². The molecule has 2 saturated heterocycles. The number of hydrogen-bond donors (Lipinski definition) is 4. The first-order chi connectivity index (χ1) is 27.4. The van der Waals surface area contributed by atoms with Gasteiger partial charge in [0.1, 0.15) is 23.7 Å². The predicted octanol–water partition coefficient (Wildman–Crippen LogP) is 7.20. The molecule has 5 amide bonds. The van der Waals surface area contributed by atoms with Crippen molar-refractivity contribution in [3.05, 3.63) is 120 Å². The molecule has 3 atom stereocenters. The van der Waals surface area contributed by atoms with Crippen LogP contribution in [0.4, 0.5) is 16.2 Å². The fourth-order valence-electron chi connectivity index (χ4n) is 7.59. The fourth-order valence-corrected chi connectivity index (χ4v) is 7.59. The molecule has 3 heterocycles. The summed E-state index contributed by atoms with van der Waals surface area (Å²) in [5, 5.41) is 9.61. The van der Waals surface area contributed by atoms with Gasteiger partial charge < -0.3 is 35.5 Å². The lowest BCUT2D eigenvalue weighted by atomic mass is 10.0. The van der Waals surface area contributed by atoms with E-state index in [1.807, 2.05) is 84.9 Å². The van der Waals surface area contributed by atoms with Gasteiger partial charge in [0.15, 0.2) is 0 Å². The summed E-state index contributed by atoms with van der Waals surface area (Å²) < 4.78 is 5.45. The van der Waals surface area contributed by atoms with Crippen LogP contribution in [0.2, 0.25) is 0 Å². The van der Waals surface area contributed by atoms with Crippen LogP contribution < -0.4 is 16.0 Å². The molecule has 4 N–H and O–H groups in total. The SMILES string of the molecule is CC(C)(C)OC(=O)N[C@@H](C(=O)N1CCC[C@H]1C(=O)Nc1ccc2[nH]c(-c3ccc(NC(=O)[C@@H]4CCCN4C(=O)Cc4ccccc4)cc3)cc2c1)c1ccccc1. The minimum atomic E-state index is -1.02. The molecular weight excluding hydrogens is 721 g/mol. The number of rotatable bonds is 10. The standard InChI is InChI=1S/C45H48N6O6/c1-45(2,3)57-44(56)49-40(31-14-8-5-9-15-31)43(55)51-25-11-17-38(51)42(54)47-34-22-23-35-32(27-34)28-36(48-35)30-18-20-33(21-19-30)46-41(53)37-16-10-24-50(37)39(52)26-29-12-6-4-7-13-29/h4-9,12-15,18-23,27-28,37-38,40,48H,10-11,16-17,24-26H2,1-3H3,(H,46,53)(H,47,54)(H,49,56)/t37-,38-,40+/m0/s1. The number of carbonyl (C=O) groups excluding carboxylic acids is 5. The summed E-state index contributed by atoms with van der Waals surface area (Å²) in [6.07, 6.45) is 2.10. The lowest BCUT2D eigenvalue weighted by Gasteiger charge is -2.29. The largest absolute Gasteiger partial charge is 0.444 e. The number of likely N-dealkylation sites (tertiary alicyclic amines) is 2. The number of aromatic nitrogens is 1. The molecule has 0 radical (unpaired) electrons. The summed E-state index contributed by atoms with van der Waals surface area (Å²) in [6.45, 7) is 6.21. The van der Waals surface area contributed by atoms with Crippen molar-refractivity contribution in [1.82, 2.24) is 20.1 Å². The van der Waals surface area contributed by atoms with Crippen molar-refractivity contribution in [3.63, 3.8) is 0 Å². The fraction of sp³-hybridized carbons (Fsp3) is 0.311. The van der Waals surface area contributed by atoms with Crippen LogP contribution in [0.5, 0.6) is 0 Å². The van der Waals surface area contributed by atoms with E-state index in [4.69, 9.17) is 4.74 Å². The van der Waals surface area contributed by atoms with E-state index in [-0.39, 0.29) is 30.0 Å². The summed E-state index contributed by atoms with van der Waals surface area (Å²) in [5.41, 5.74) is 4.64. The molecule has 2 aliphatic heterocycles. The van der Waals surface area contributed by atoms with Crippen LogP contribution in [0.3, 0.4) is 0 Å². The van der Waals surface area contributed by atoms with E-state index in [9.17, 15) is 24.0 Å². The number of alkyl carbamates (subject to hydrolysis) is 1. The quantitative estimate of drug-likeness (QED) is 0.118. The van der Waals surface area contributed by atoms with Gasteiger partial charge in [-0.15, -0.1) is 0 Å². The van der Waals surface area contributed by atoms with Gasteiger partial charge in [-0.05, 0) is 99.5 Å². The molecule has 0 aliphatic carbocycles. The molecule has 0 unspecified atom stereocenters. The van der Waals surface area contributed by atoms with Crippen LogP contribution in [0.1, 0.15) is 63.6 Å². The minimum absolute atomic E-state index is 0.0481. The van der Waals surface area contributed by atoms with Gasteiger partial charge in [-0.2, -0.15) is 0 Å². The Morgan fingerprint density at radius 2 is 1.33 bits per heavy atom. The van der Waals surface area contributed by atoms with Gasteiger partial charge >= 0.3 is 6.09 Å². The summed E-state index contributed by atoms with van der Waals surface area (Å²) in [4.78, 5) is 73.5. The smallest absolute Gasteiger partial charge is 0.408 e. The number of carbonyl (C=O) groups is 5. The van der Waals surface area contributed by atoms with Crippen molar-refractivity contribution in [1.29, 1.82) is 0 Å². The first kappa shape index (κ1) is 38.8. The molecule has 0 saturated carbocycles. The molecular formula is C45H48N6O6. The van der Waals surface area contributed by atoms with E-state index in [1.165, 1.54) is 0 Å². The average Bonchev–Trinajstić information content (AvgIpc) is 3.98. The zero-order valence-corrected chi connectivity index (χ0v) is 32.4. The number of nitrogens with one attached hydrogen (secondary N) is 4. The Hall–Kier alpha value is -6.43. The number of ether oxygens (including phenoxy) is 1. The summed E-state index contributed by atoms with van der Waals surface area (Å²) >= 11 is 0. The lowest BCUT2D eigenvalue weighted by Crippen LogP contribution is -2.49. The number of anilines is 2. The Labute approximate surface area is 332 Å². The van der Waals surface area contributed by atoms with Crippen molar-refractivity contribution in [2.45, 2.75) is 76.6 Å². The van der Waals surface area contributed by atoms with Gasteiger partial charge in [-0.3, -0.25) is 19.2 Å². The number of aromatic amines is 1. The highest BCUT2D eigenvalue weighted by Crippen LogP contribution is 2.30. The highest BCUT2D eigenvalue weighted by atomic mass is 16.6. The number of fused-ring (bicyclic) bond motifs is 1. The van der Waals surface area contributed by atoms with Gasteiger partial charge in [0.05, 0.1) is 6.42 Å². The Morgan fingerprint density at radius 1 is 0.737 bits per heavy atom. The maximum Gasteiger partial charge on any atom is 0.408 e. The van der Waals surface area contributed by atoms with Crippen LogP contribution in [-0.4, -0.2) is 75.3 Å². The molecule has 57 heavy (non-hydrogen) atoms. The monoisotopic (exact) mass is 768 g/mol. The van der Waals surface area contributed by atoms with Crippen LogP contribution in [-0.2, 0) is 30.3 Å². The molecule has 2 fully saturated rings. The third kappa shape index (κ3) is 9.34. The summed E-state index contributed by atoms with van der Waals surface area (Å²) in [7, 11) is 0. The number of benzene rings is 4. The average molecular weight is 769 g/mol. The molecule has 5 aromatic rings. The zero-order chi connectivity index (χ0) is 40.1. The molecule has 12 heteroatoms. The maximum absolute atomic E-state index is 14.0. The normalized spacial score (nSPS) is 17.2. The second kappa shape index (κ2) is 16.7. The van der Waals surface area contributed by atoms with Crippen molar-refractivity contribution in [3.8, 4) is 11.3 Å². The number of hydrogen-bond acceptors (Lipinski definition) is 6. The Balaban J connectivity index is 0.983. The third-order valence-electron chi connectivity index (χ3n) is 10.3. The first-order valence-electron chi connectivity index (χ1n) is 19.5. The van der Waals surface area contributed by atoms with Crippen LogP contribution in [0, 0.1) is 0 Å². The summed E-state index contributed by atoms with van der Waals surface area (Å²) in [5.74, 6) is -0.928.